The van der Waals surface area contributed by atoms with Crippen molar-refractivity contribution in [2.75, 3.05) is 44.2 Å². The van der Waals surface area contributed by atoms with E-state index in [1.54, 1.807) is 17.7 Å². The van der Waals surface area contributed by atoms with Crippen LogP contribution >= 0.6 is 11.3 Å². The maximum absolute atomic E-state index is 5.66. The average Bonchev–Trinajstić information content (AvgIpc) is 2.67. The first kappa shape index (κ1) is 13.7. The van der Waals surface area contributed by atoms with Crippen LogP contribution in [0.3, 0.4) is 0 Å². The summed E-state index contributed by atoms with van der Waals surface area (Å²) in [7, 11) is 0. The van der Waals surface area contributed by atoms with E-state index in [2.05, 4.69) is 32.8 Å². The topological polar surface area (TPSA) is 58.3 Å². The second kappa shape index (κ2) is 6.03. The molecule has 0 spiro atoms. The van der Waals surface area contributed by atoms with Gasteiger partial charge in [-0.05, 0) is 26.0 Å². The zero-order chi connectivity index (χ0) is 13.9. The van der Waals surface area contributed by atoms with Crippen molar-refractivity contribution in [3.63, 3.8) is 0 Å². The normalized spacial score (nSPS) is 17.6. The van der Waals surface area contributed by atoms with E-state index in [0.29, 0.717) is 0 Å². The Morgan fingerprint density at radius 1 is 1.25 bits per heavy atom. The summed E-state index contributed by atoms with van der Waals surface area (Å²) in [6, 6.07) is 2.21. The van der Waals surface area contributed by atoms with Gasteiger partial charge in [-0.3, -0.25) is 0 Å². The molecule has 0 aliphatic carbocycles. The molecular formula is C14H21N5S. The number of nitrogens with zero attached hydrogens (tertiary/aromatic N) is 4. The molecule has 0 unspecified atom stereocenters. The zero-order valence-electron chi connectivity index (χ0n) is 11.9. The summed E-state index contributed by atoms with van der Waals surface area (Å²) >= 11 is 1.74. The van der Waals surface area contributed by atoms with Gasteiger partial charge in [-0.15, -0.1) is 11.3 Å². The summed E-state index contributed by atoms with van der Waals surface area (Å²) in [5.41, 5.74) is 5.66. The van der Waals surface area contributed by atoms with Gasteiger partial charge in [-0.2, -0.15) is 0 Å². The van der Waals surface area contributed by atoms with Crippen molar-refractivity contribution >= 4 is 27.4 Å². The third-order valence-corrected chi connectivity index (χ3v) is 4.72. The molecule has 6 heteroatoms. The van der Waals surface area contributed by atoms with Gasteiger partial charge in [0.2, 0.25) is 0 Å². The average molecular weight is 291 g/mol. The predicted octanol–water partition coefficient (Wildman–Crippen LogP) is 1.47. The van der Waals surface area contributed by atoms with Crippen LogP contribution in [0.2, 0.25) is 0 Å². The Morgan fingerprint density at radius 3 is 3.00 bits per heavy atom. The number of anilines is 1. The van der Waals surface area contributed by atoms with E-state index in [1.165, 1.54) is 10.3 Å². The molecule has 2 aromatic heterocycles. The van der Waals surface area contributed by atoms with Crippen molar-refractivity contribution in [3.05, 3.63) is 17.3 Å². The third-order valence-electron chi connectivity index (χ3n) is 3.76. The Bertz CT molecular complexity index is 582. The number of aryl methyl sites for hydroxylation is 1. The smallest absolute Gasteiger partial charge is 0.140 e. The predicted molar refractivity (Wildman–Crippen MR) is 84.5 cm³/mol. The Morgan fingerprint density at radius 2 is 2.15 bits per heavy atom. The lowest BCUT2D eigenvalue weighted by molar-refractivity contribution is 0.302. The third kappa shape index (κ3) is 2.77. The molecule has 0 bridgehead atoms. The Hall–Kier alpha value is -1.24. The van der Waals surface area contributed by atoms with E-state index in [9.17, 15) is 0 Å². The fraction of sp³-hybridized carbons (Fsp3) is 0.571. The molecule has 1 fully saturated rings. The summed E-state index contributed by atoms with van der Waals surface area (Å²) < 4.78 is 0. The van der Waals surface area contributed by atoms with Crippen molar-refractivity contribution in [1.82, 2.24) is 14.9 Å². The number of hydrogen-bond donors (Lipinski definition) is 1. The van der Waals surface area contributed by atoms with Gasteiger partial charge >= 0.3 is 0 Å². The molecule has 2 aromatic rings. The molecule has 1 saturated heterocycles. The molecule has 108 valence electrons. The summed E-state index contributed by atoms with van der Waals surface area (Å²) in [5.74, 6) is 1.09. The van der Waals surface area contributed by atoms with Gasteiger partial charge in [0.25, 0.3) is 0 Å². The van der Waals surface area contributed by atoms with E-state index in [-0.39, 0.29) is 0 Å². The number of aromatic nitrogens is 2. The fourth-order valence-electron chi connectivity index (χ4n) is 2.80. The summed E-state index contributed by atoms with van der Waals surface area (Å²) in [5, 5.41) is 1.20. The Balaban J connectivity index is 1.84. The zero-order valence-corrected chi connectivity index (χ0v) is 12.7. The lowest BCUT2D eigenvalue weighted by Gasteiger charge is -2.22. The number of fused-ring (bicyclic) bond motifs is 1. The first-order chi connectivity index (χ1) is 9.78. The van der Waals surface area contributed by atoms with Crippen LogP contribution in [-0.2, 0) is 0 Å². The highest BCUT2D eigenvalue weighted by Crippen LogP contribution is 2.30. The van der Waals surface area contributed by atoms with Gasteiger partial charge in [-0.1, -0.05) is 0 Å². The molecule has 0 atom stereocenters. The van der Waals surface area contributed by atoms with Crippen molar-refractivity contribution in [2.45, 2.75) is 13.3 Å². The van der Waals surface area contributed by atoms with Crippen LogP contribution in [0.4, 0.5) is 5.82 Å². The van der Waals surface area contributed by atoms with Gasteiger partial charge in [0.15, 0.2) is 0 Å². The lowest BCUT2D eigenvalue weighted by Crippen LogP contribution is -2.34. The second-order valence-electron chi connectivity index (χ2n) is 5.24. The van der Waals surface area contributed by atoms with Crippen LogP contribution in [-0.4, -0.2) is 54.1 Å². The molecule has 3 rings (SSSR count). The van der Waals surface area contributed by atoms with Crippen LogP contribution < -0.4 is 10.6 Å². The highest BCUT2D eigenvalue weighted by Gasteiger charge is 2.18. The number of hydrogen-bond acceptors (Lipinski definition) is 6. The monoisotopic (exact) mass is 291 g/mol. The van der Waals surface area contributed by atoms with Crippen LogP contribution in [0.1, 0.15) is 11.3 Å². The molecule has 5 nitrogen and oxygen atoms in total. The summed E-state index contributed by atoms with van der Waals surface area (Å²) in [4.78, 5) is 16.1. The summed E-state index contributed by atoms with van der Waals surface area (Å²) in [6.45, 7) is 8.12. The molecule has 3 heterocycles. The maximum atomic E-state index is 5.66. The van der Waals surface area contributed by atoms with Crippen LogP contribution in [0, 0.1) is 6.92 Å². The standard InChI is InChI=1S/C14H21N5S/c1-11-9-12-13(16-10-17-14(12)20-11)19-5-2-4-18(6-3-15)7-8-19/h9-10H,2-8,15H2,1H3. The molecule has 20 heavy (non-hydrogen) atoms. The van der Waals surface area contributed by atoms with Crippen molar-refractivity contribution in [2.24, 2.45) is 5.73 Å². The quantitative estimate of drug-likeness (QED) is 0.928. The lowest BCUT2D eigenvalue weighted by atomic mass is 10.3. The van der Waals surface area contributed by atoms with E-state index in [1.807, 2.05) is 0 Å². The maximum Gasteiger partial charge on any atom is 0.140 e. The molecule has 0 amide bonds. The largest absolute Gasteiger partial charge is 0.355 e. The van der Waals surface area contributed by atoms with Gasteiger partial charge in [0, 0.05) is 37.6 Å². The van der Waals surface area contributed by atoms with Gasteiger partial charge < -0.3 is 15.5 Å². The minimum absolute atomic E-state index is 0.738. The molecule has 1 aliphatic heterocycles. The Kier molecular flexibility index (Phi) is 4.14. The van der Waals surface area contributed by atoms with Crippen molar-refractivity contribution < 1.29 is 0 Å². The molecule has 2 N–H and O–H groups in total. The number of rotatable bonds is 3. The molecular weight excluding hydrogens is 270 g/mol. The Labute approximate surface area is 123 Å². The number of thiophene rings is 1. The summed E-state index contributed by atoms with van der Waals surface area (Å²) in [6.07, 6.45) is 2.85. The van der Waals surface area contributed by atoms with Gasteiger partial charge in [0.1, 0.15) is 17.0 Å². The molecule has 0 radical (unpaired) electrons. The first-order valence-corrected chi connectivity index (χ1v) is 7.98. The van der Waals surface area contributed by atoms with E-state index < -0.39 is 0 Å². The molecule has 1 aliphatic rings. The van der Waals surface area contributed by atoms with Crippen LogP contribution in [0.15, 0.2) is 12.4 Å². The van der Waals surface area contributed by atoms with Crippen LogP contribution in [0.5, 0.6) is 0 Å². The van der Waals surface area contributed by atoms with Gasteiger partial charge in [0.05, 0.1) is 5.39 Å². The highest BCUT2D eigenvalue weighted by molar-refractivity contribution is 7.18. The highest BCUT2D eigenvalue weighted by atomic mass is 32.1. The fourth-order valence-corrected chi connectivity index (χ4v) is 3.65. The van der Waals surface area contributed by atoms with Crippen molar-refractivity contribution in [1.29, 1.82) is 0 Å². The van der Waals surface area contributed by atoms with Gasteiger partial charge in [-0.25, -0.2) is 9.97 Å². The minimum Gasteiger partial charge on any atom is -0.355 e. The van der Waals surface area contributed by atoms with E-state index in [0.717, 1.165) is 56.3 Å². The SMILES string of the molecule is Cc1cc2c(N3CCCN(CCN)CC3)ncnc2s1. The minimum atomic E-state index is 0.738. The van der Waals surface area contributed by atoms with E-state index in [4.69, 9.17) is 5.73 Å². The molecule has 0 saturated carbocycles. The van der Waals surface area contributed by atoms with E-state index >= 15 is 0 Å². The van der Waals surface area contributed by atoms with Crippen LogP contribution in [0.25, 0.3) is 10.2 Å². The first-order valence-electron chi connectivity index (χ1n) is 7.16. The number of nitrogens with two attached hydrogens (primary N) is 1. The second-order valence-corrected chi connectivity index (χ2v) is 6.48. The van der Waals surface area contributed by atoms with Crippen molar-refractivity contribution in [3.8, 4) is 0 Å². The molecule has 0 aromatic carbocycles.